The van der Waals surface area contributed by atoms with Crippen LogP contribution in [-0.2, 0) is 28.8 Å². The maximum Gasteiger partial charge on any atom is 0.326 e. The Labute approximate surface area is 183 Å². The lowest BCUT2D eigenvalue weighted by Crippen LogP contribution is -2.60. The molecule has 0 aromatic rings. The number of nitrogens with zero attached hydrogens (tertiary/aromatic N) is 1. The van der Waals surface area contributed by atoms with Gasteiger partial charge >= 0.3 is 5.97 Å². The molecular formula is C18H30N6O8. The zero-order valence-electron chi connectivity index (χ0n) is 17.7. The highest BCUT2D eigenvalue weighted by Gasteiger charge is 2.40. The lowest BCUT2D eigenvalue weighted by molar-refractivity contribution is -0.151. The predicted molar refractivity (Wildman–Crippen MR) is 108 cm³/mol. The lowest BCUT2D eigenvalue weighted by Gasteiger charge is -2.30. The topological polar surface area (TPSA) is 248 Å². The molecule has 0 spiro atoms. The van der Waals surface area contributed by atoms with Crippen LogP contribution in [0.5, 0.6) is 0 Å². The van der Waals surface area contributed by atoms with E-state index >= 15 is 0 Å². The number of rotatable bonds is 12. The van der Waals surface area contributed by atoms with Crippen molar-refractivity contribution in [3.8, 4) is 0 Å². The quantitative estimate of drug-likeness (QED) is 0.150. The molecule has 1 aliphatic heterocycles. The summed E-state index contributed by atoms with van der Waals surface area (Å²) in [5.74, 6) is -5.53. The van der Waals surface area contributed by atoms with Crippen LogP contribution in [0.1, 0.15) is 39.0 Å². The number of nitrogens with two attached hydrogens (primary N) is 3. The van der Waals surface area contributed by atoms with Crippen LogP contribution >= 0.6 is 0 Å². The average molecular weight is 458 g/mol. The van der Waals surface area contributed by atoms with Crippen LogP contribution in [-0.4, -0.2) is 87.4 Å². The Kier molecular flexibility index (Phi) is 10.00. The Morgan fingerprint density at radius 3 is 2.19 bits per heavy atom. The van der Waals surface area contributed by atoms with Crippen LogP contribution in [0.3, 0.4) is 0 Å². The van der Waals surface area contributed by atoms with Crippen molar-refractivity contribution in [3.05, 3.63) is 0 Å². The molecule has 0 aliphatic carbocycles. The van der Waals surface area contributed by atoms with Crippen molar-refractivity contribution in [3.63, 3.8) is 0 Å². The number of aliphatic carboxylic acids is 1. The fourth-order valence-electron chi connectivity index (χ4n) is 3.23. The number of carbonyl (C=O) groups excluding carboxylic acids is 5. The second-order valence-electron chi connectivity index (χ2n) is 7.60. The van der Waals surface area contributed by atoms with E-state index in [0.29, 0.717) is 6.42 Å². The van der Waals surface area contributed by atoms with E-state index in [2.05, 4.69) is 10.6 Å². The molecule has 0 aromatic carbocycles. The van der Waals surface area contributed by atoms with Gasteiger partial charge in [-0.2, -0.15) is 0 Å². The Morgan fingerprint density at radius 2 is 1.69 bits per heavy atom. The molecule has 10 N–H and O–H groups in total. The molecule has 0 saturated carbocycles. The van der Waals surface area contributed by atoms with E-state index in [-0.39, 0.29) is 25.8 Å². The smallest absolute Gasteiger partial charge is 0.326 e. The van der Waals surface area contributed by atoms with E-state index in [4.69, 9.17) is 17.2 Å². The number of primary amides is 2. The number of amides is 5. The third-order valence-corrected chi connectivity index (χ3v) is 4.94. The zero-order chi connectivity index (χ0) is 24.6. The molecule has 14 heteroatoms. The average Bonchev–Trinajstić information content (AvgIpc) is 3.18. The zero-order valence-corrected chi connectivity index (χ0v) is 17.7. The van der Waals surface area contributed by atoms with Crippen molar-refractivity contribution >= 4 is 35.5 Å². The molecule has 1 heterocycles. The summed E-state index contributed by atoms with van der Waals surface area (Å²) in [6, 6.07) is -5.35. The molecule has 0 aromatic heterocycles. The summed E-state index contributed by atoms with van der Waals surface area (Å²) in [6.45, 7) is 1.35. The van der Waals surface area contributed by atoms with Gasteiger partial charge in [0.1, 0.15) is 18.1 Å². The summed E-state index contributed by atoms with van der Waals surface area (Å²) < 4.78 is 0. The fraction of sp³-hybridized carbons (Fsp3) is 0.667. The van der Waals surface area contributed by atoms with Crippen molar-refractivity contribution in [1.82, 2.24) is 15.5 Å². The van der Waals surface area contributed by atoms with E-state index in [9.17, 15) is 39.0 Å². The normalized spacial score (nSPS) is 19.3. The molecule has 1 saturated heterocycles. The van der Waals surface area contributed by atoms with Crippen molar-refractivity contribution in [2.75, 3.05) is 6.54 Å². The molecule has 1 aliphatic rings. The minimum absolute atomic E-state index is 0.105. The van der Waals surface area contributed by atoms with Crippen LogP contribution < -0.4 is 27.8 Å². The van der Waals surface area contributed by atoms with Crippen molar-refractivity contribution in [2.45, 2.75) is 69.3 Å². The van der Waals surface area contributed by atoms with E-state index < -0.39 is 72.2 Å². The van der Waals surface area contributed by atoms with Gasteiger partial charge in [0.2, 0.25) is 29.5 Å². The highest BCUT2D eigenvalue weighted by molar-refractivity contribution is 5.96. The summed E-state index contributed by atoms with van der Waals surface area (Å²) >= 11 is 0. The van der Waals surface area contributed by atoms with Crippen molar-refractivity contribution in [2.24, 2.45) is 17.2 Å². The maximum atomic E-state index is 12.8. The number of carboxylic acid groups (broad SMARTS) is 1. The van der Waals surface area contributed by atoms with E-state index in [1.54, 1.807) is 0 Å². The van der Waals surface area contributed by atoms with Gasteiger partial charge in [-0.25, -0.2) is 4.79 Å². The Bertz CT molecular complexity index is 758. The molecule has 0 bridgehead atoms. The summed E-state index contributed by atoms with van der Waals surface area (Å²) in [5.41, 5.74) is 15.8. The molecule has 1 rings (SSSR count). The Hall–Kier alpha value is -3.26. The van der Waals surface area contributed by atoms with Crippen LogP contribution in [0.25, 0.3) is 0 Å². The number of hydrogen-bond donors (Lipinski definition) is 7. The van der Waals surface area contributed by atoms with Crippen LogP contribution in [0.2, 0.25) is 0 Å². The van der Waals surface area contributed by atoms with E-state index in [1.807, 2.05) is 0 Å². The van der Waals surface area contributed by atoms with E-state index in [1.165, 1.54) is 6.92 Å². The first-order valence-corrected chi connectivity index (χ1v) is 9.99. The van der Waals surface area contributed by atoms with Gasteiger partial charge < -0.3 is 42.9 Å². The second kappa shape index (κ2) is 12.0. The van der Waals surface area contributed by atoms with Gasteiger partial charge in [-0.1, -0.05) is 0 Å². The van der Waals surface area contributed by atoms with Gasteiger partial charge in [0.15, 0.2) is 0 Å². The fourth-order valence-corrected chi connectivity index (χ4v) is 3.23. The Morgan fingerprint density at radius 1 is 1.06 bits per heavy atom. The summed E-state index contributed by atoms with van der Waals surface area (Å²) in [6.07, 6.45) is -1.67. The first-order valence-electron chi connectivity index (χ1n) is 9.99. The number of aliphatic hydroxyl groups is 1. The maximum absolute atomic E-state index is 12.8. The molecule has 180 valence electrons. The van der Waals surface area contributed by atoms with Gasteiger partial charge in [0.25, 0.3) is 0 Å². The van der Waals surface area contributed by atoms with Crippen LogP contribution in [0.15, 0.2) is 0 Å². The molecule has 5 unspecified atom stereocenters. The number of aliphatic hydroxyl groups excluding tert-OH is 1. The van der Waals surface area contributed by atoms with Gasteiger partial charge in [-0.05, 0) is 26.2 Å². The first-order chi connectivity index (χ1) is 14.8. The van der Waals surface area contributed by atoms with Crippen LogP contribution in [0, 0.1) is 0 Å². The first kappa shape index (κ1) is 26.8. The molecule has 32 heavy (non-hydrogen) atoms. The predicted octanol–water partition coefficient (Wildman–Crippen LogP) is -4.12. The van der Waals surface area contributed by atoms with Gasteiger partial charge in [-0.15, -0.1) is 0 Å². The summed E-state index contributed by atoms with van der Waals surface area (Å²) in [5, 5.41) is 23.8. The number of hydrogen-bond acceptors (Lipinski definition) is 8. The van der Waals surface area contributed by atoms with Gasteiger partial charge in [0.05, 0.1) is 18.6 Å². The monoisotopic (exact) mass is 458 g/mol. The SMILES string of the molecule is CC(O)C(NC(=O)C(CC(N)=O)NC(=O)C(N)CCC(N)=O)C(=O)N1CCCC1C(=O)O. The number of likely N-dealkylation sites (tertiary alicyclic amines) is 1. The van der Waals surface area contributed by atoms with Crippen molar-refractivity contribution < 1.29 is 39.0 Å². The highest BCUT2D eigenvalue weighted by Crippen LogP contribution is 2.19. The van der Waals surface area contributed by atoms with E-state index in [0.717, 1.165) is 4.90 Å². The number of nitrogens with one attached hydrogen (secondary N) is 2. The number of carbonyl (C=O) groups is 6. The standard InChI is InChI=1S/C18H30N6O8/c1-8(25)14(17(30)24-6-2-3-11(24)18(31)32)23-16(29)10(7-13(21)27)22-15(28)9(19)4-5-12(20)26/h8-11,14,25H,2-7,19H2,1H3,(H2,20,26)(H2,21,27)(H,22,28)(H,23,29)(H,31,32). The molecule has 0 radical (unpaired) electrons. The Balaban J connectivity index is 2.94. The molecule has 5 amide bonds. The highest BCUT2D eigenvalue weighted by atomic mass is 16.4. The second-order valence-corrected chi connectivity index (χ2v) is 7.60. The third kappa shape index (κ3) is 7.77. The molecule has 14 nitrogen and oxygen atoms in total. The molecule has 1 fully saturated rings. The van der Waals surface area contributed by atoms with Gasteiger partial charge in [0, 0.05) is 13.0 Å². The molecule has 5 atom stereocenters. The molecular weight excluding hydrogens is 428 g/mol. The van der Waals surface area contributed by atoms with Crippen molar-refractivity contribution in [1.29, 1.82) is 0 Å². The van der Waals surface area contributed by atoms with Gasteiger partial charge in [-0.3, -0.25) is 24.0 Å². The largest absolute Gasteiger partial charge is 0.480 e. The summed E-state index contributed by atoms with van der Waals surface area (Å²) in [7, 11) is 0. The number of carboxylic acids is 1. The third-order valence-electron chi connectivity index (χ3n) is 4.94. The minimum Gasteiger partial charge on any atom is -0.480 e. The van der Waals surface area contributed by atoms with Crippen LogP contribution in [0.4, 0.5) is 0 Å². The lowest BCUT2D eigenvalue weighted by atomic mass is 10.1. The minimum atomic E-state index is -1.53. The summed E-state index contributed by atoms with van der Waals surface area (Å²) in [4.78, 5) is 72.3.